The van der Waals surface area contributed by atoms with Gasteiger partial charge in [0.25, 0.3) is 0 Å². The van der Waals surface area contributed by atoms with Crippen LogP contribution in [-0.4, -0.2) is 22.3 Å². The van der Waals surface area contributed by atoms with Gasteiger partial charge in [-0.15, -0.1) is 0 Å². The van der Waals surface area contributed by atoms with Crippen molar-refractivity contribution in [1.82, 2.24) is 15.2 Å². The van der Waals surface area contributed by atoms with Gasteiger partial charge >= 0.3 is 0 Å². The molecule has 0 unspecified atom stereocenters. The fraction of sp³-hybridized carbons (Fsp3) is 0.111. The molecule has 2 rings (SSSR count). The third-order valence-corrected chi connectivity index (χ3v) is 2.35. The molecule has 0 saturated carbocycles. The minimum absolute atomic E-state index is 0.395. The Labute approximate surface area is 96.2 Å². The van der Waals surface area contributed by atoms with Crippen molar-refractivity contribution in [3.05, 3.63) is 28.0 Å². The topological polar surface area (TPSA) is 53.7 Å². The Morgan fingerprint density at radius 1 is 1.40 bits per heavy atom. The van der Waals surface area contributed by atoms with E-state index in [9.17, 15) is 0 Å². The number of H-pyrrole nitrogens is 2. The maximum atomic E-state index is 5.90. The van der Waals surface area contributed by atoms with Crippen molar-refractivity contribution in [2.24, 2.45) is 0 Å². The molecule has 0 spiro atoms. The largest absolute Gasteiger partial charge is 0.496 e. The number of halogens is 1. The molecule has 0 aliphatic heterocycles. The van der Waals surface area contributed by atoms with Gasteiger partial charge in [0, 0.05) is 5.02 Å². The Bertz CT molecular complexity index is 534. The van der Waals surface area contributed by atoms with Crippen LogP contribution in [0.25, 0.3) is 11.4 Å². The highest BCUT2D eigenvalue weighted by atomic mass is 35.5. The Hall–Kier alpha value is -1.33. The van der Waals surface area contributed by atoms with E-state index in [1.807, 2.05) is 0 Å². The van der Waals surface area contributed by atoms with Crippen molar-refractivity contribution in [2.45, 2.75) is 0 Å². The Morgan fingerprint density at radius 2 is 2.20 bits per heavy atom. The molecule has 78 valence electrons. The van der Waals surface area contributed by atoms with Gasteiger partial charge in [0.05, 0.1) is 12.7 Å². The van der Waals surface area contributed by atoms with Gasteiger partial charge in [-0.25, -0.2) is 0 Å². The van der Waals surface area contributed by atoms with Gasteiger partial charge in [-0.05, 0) is 30.4 Å². The minimum atomic E-state index is 0.395. The van der Waals surface area contributed by atoms with E-state index < -0.39 is 0 Å². The smallest absolute Gasteiger partial charge is 0.213 e. The molecule has 1 aromatic carbocycles. The van der Waals surface area contributed by atoms with E-state index in [1.165, 1.54) is 0 Å². The van der Waals surface area contributed by atoms with E-state index >= 15 is 0 Å². The average Bonchev–Trinajstić information content (AvgIpc) is 2.65. The first kappa shape index (κ1) is 10.2. The van der Waals surface area contributed by atoms with Crippen molar-refractivity contribution < 1.29 is 4.74 Å². The maximum Gasteiger partial charge on any atom is 0.213 e. The molecule has 0 aliphatic carbocycles. The Morgan fingerprint density at radius 3 is 2.80 bits per heavy atom. The summed E-state index contributed by atoms with van der Waals surface area (Å²) in [6, 6.07) is 5.30. The molecule has 0 radical (unpaired) electrons. The van der Waals surface area contributed by atoms with Gasteiger partial charge in [-0.2, -0.15) is 4.98 Å². The summed E-state index contributed by atoms with van der Waals surface area (Å²) in [5, 5.41) is 6.18. The number of hydrogen-bond donors (Lipinski definition) is 2. The second-order valence-electron chi connectivity index (χ2n) is 2.86. The lowest BCUT2D eigenvalue weighted by Crippen LogP contribution is -1.89. The Balaban J connectivity index is 2.59. The van der Waals surface area contributed by atoms with Crippen LogP contribution in [0, 0.1) is 4.77 Å². The lowest BCUT2D eigenvalue weighted by atomic mass is 10.2. The van der Waals surface area contributed by atoms with Crippen LogP contribution in [0.3, 0.4) is 0 Å². The van der Waals surface area contributed by atoms with Crippen molar-refractivity contribution >= 4 is 23.8 Å². The minimum Gasteiger partial charge on any atom is -0.496 e. The van der Waals surface area contributed by atoms with E-state index in [2.05, 4.69) is 15.2 Å². The highest BCUT2D eigenvalue weighted by Gasteiger charge is 2.08. The van der Waals surface area contributed by atoms with E-state index in [4.69, 9.17) is 28.6 Å². The average molecular weight is 242 g/mol. The summed E-state index contributed by atoms with van der Waals surface area (Å²) < 4.78 is 5.59. The van der Waals surface area contributed by atoms with Crippen LogP contribution in [-0.2, 0) is 0 Å². The molecule has 1 aromatic heterocycles. The zero-order chi connectivity index (χ0) is 10.8. The summed E-state index contributed by atoms with van der Waals surface area (Å²) in [5.41, 5.74) is 0.775. The van der Waals surface area contributed by atoms with Gasteiger partial charge in [-0.3, -0.25) is 10.2 Å². The third kappa shape index (κ3) is 2.03. The number of methoxy groups -OCH3 is 1. The molecule has 0 amide bonds. The molecular formula is C9H8ClN3OS. The number of aromatic nitrogens is 3. The molecular weight excluding hydrogens is 234 g/mol. The molecule has 6 heteroatoms. The van der Waals surface area contributed by atoms with Gasteiger partial charge in [0.15, 0.2) is 5.82 Å². The van der Waals surface area contributed by atoms with E-state index in [0.29, 0.717) is 21.4 Å². The standard InChI is InChI=1S/C9H8ClN3OS/c1-14-7-3-2-5(10)4-6(7)8-11-9(15)13-12-8/h2-4H,1H3,(H2,11,12,13,15). The molecule has 0 atom stereocenters. The van der Waals surface area contributed by atoms with Crippen LogP contribution in [0.2, 0.25) is 5.02 Å². The van der Waals surface area contributed by atoms with E-state index in [-0.39, 0.29) is 0 Å². The highest BCUT2D eigenvalue weighted by molar-refractivity contribution is 7.71. The number of hydrogen-bond acceptors (Lipinski definition) is 3. The lowest BCUT2D eigenvalue weighted by Gasteiger charge is -2.05. The van der Waals surface area contributed by atoms with Crippen molar-refractivity contribution in [3.63, 3.8) is 0 Å². The number of nitrogens with zero attached hydrogens (tertiary/aromatic N) is 1. The number of nitrogens with one attached hydrogen (secondary N) is 2. The molecule has 2 N–H and O–H groups in total. The number of ether oxygens (including phenoxy) is 1. The second-order valence-corrected chi connectivity index (χ2v) is 3.68. The molecule has 0 saturated heterocycles. The molecule has 0 fully saturated rings. The fourth-order valence-electron chi connectivity index (χ4n) is 1.26. The molecule has 2 aromatic rings. The summed E-state index contributed by atoms with van der Waals surface area (Å²) >= 11 is 10.8. The summed E-state index contributed by atoms with van der Waals surface area (Å²) in [4.78, 5) is 4.10. The third-order valence-electron chi connectivity index (χ3n) is 1.92. The quantitative estimate of drug-likeness (QED) is 0.795. The van der Waals surface area contributed by atoms with Gasteiger partial charge in [0.2, 0.25) is 4.77 Å². The molecule has 0 bridgehead atoms. The summed E-state index contributed by atoms with van der Waals surface area (Å²) in [6.07, 6.45) is 0. The molecule has 4 nitrogen and oxygen atoms in total. The van der Waals surface area contributed by atoms with Crippen LogP contribution in [0.4, 0.5) is 0 Å². The predicted molar refractivity (Wildman–Crippen MR) is 60.8 cm³/mol. The molecule has 1 heterocycles. The van der Waals surface area contributed by atoms with Crippen LogP contribution < -0.4 is 4.74 Å². The molecule has 15 heavy (non-hydrogen) atoms. The van der Waals surface area contributed by atoms with Gasteiger partial charge in [-0.1, -0.05) is 11.6 Å². The zero-order valence-corrected chi connectivity index (χ0v) is 9.45. The number of aromatic amines is 2. The first-order valence-corrected chi connectivity index (χ1v) is 4.98. The Kier molecular flexibility index (Phi) is 2.75. The van der Waals surface area contributed by atoms with Crippen molar-refractivity contribution in [3.8, 4) is 17.1 Å². The van der Waals surface area contributed by atoms with E-state index in [0.717, 1.165) is 5.56 Å². The van der Waals surface area contributed by atoms with E-state index in [1.54, 1.807) is 25.3 Å². The highest BCUT2D eigenvalue weighted by Crippen LogP contribution is 2.29. The van der Waals surface area contributed by atoms with Crippen molar-refractivity contribution in [2.75, 3.05) is 7.11 Å². The predicted octanol–water partition coefficient (Wildman–Crippen LogP) is 2.80. The summed E-state index contributed by atoms with van der Waals surface area (Å²) in [5.74, 6) is 1.30. The molecule has 0 aliphatic rings. The van der Waals surface area contributed by atoms with Crippen LogP contribution in [0.5, 0.6) is 5.75 Å². The van der Waals surface area contributed by atoms with Gasteiger partial charge in [0.1, 0.15) is 5.75 Å². The SMILES string of the molecule is COc1ccc(Cl)cc1-c1nc(=S)[nH][nH]1. The zero-order valence-electron chi connectivity index (χ0n) is 7.87. The van der Waals surface area contributed by atoms with Crippen LogP contribution >= 0.6 is 23.8 Å². The second kappa shape index (κ2) is 4.04. The lowest BCUT2D eigenvalue weighted by molar-refractivity contribution is 0.416. The normalized spacial score (nSPS) is 10.3. The van der Waals surface area contributed by atoms with Crippen LogP contribution in [0.1, 0.15) is 0 Å². The first-order chi connectivity index (χ1) is 7.20. The number of benzene rings is 1. The number of rotatable bonds is 2. The van der Waals surface area contributed by atoms with Gasteiger partial charge < -0.3 is 4.74 Å². The summed E-state index contributed by atoms with van der Waals surface area (Å²) in [6.45, 7) is 0. The summed E-state index contributed by atoms with van der Waals surface area (Å²) in [7, 11) is 1.59. The first-order valence-electron chi connectivity index (χ1n) is 4.19. The maximum absolute atomic E-state index is 5.90. The monoisotopic (exact) mass is 241 g/mol. The van der Waals surface area contributed by atoms with Crippen LogP contribution in [0.15, 0.2) is 18.2 Å². The fourth-order valence-corrected chi connectivity index (χ4v) is 1.58. The van der Waals surface area contributed by atoms with Crippen molar-refractivity contribution in [1.29, 1.82) is 0 Å².